The van der Waals surface area contributed by atoms with E-state index >= 15 is 0 Å². The maximum atomic E-state index is 2.28. The van der Waals surface area contributed by atoms with Crippen LogP contribution in [-0.4, -0.2) is 0 Å². The van der Waals surface area contributed by atoms with Crippen molar-refractivity contribution >= 4 is 0 Å². The molecule has 0 heteroatoms. The average molecular weight is 1230 g/mol. The highest BCUT2D eigenvalue weighted by Gasteiger charge is 2.06. The summed E-state index contributed by atoms with van der Waals surface area (Å²) in [6.45, 7) is 17.4. The fraction of sp³-hybridized carbons (Fsp3) is 0.234. The molecule has 0 aliphatic carbocycles. The Kier molecular flexibility index (Phi) is 27.0. The second kappa shape index (κ2) is 36.8. The lowest BCUT2D eigenvalue weighted by atomic mass is 9.99. The van der Waals surface area contributed by atoms with Crippen molar-refractivity contribution in [1.82, 2.24) is 0 Å². The standard InChI is InChI=1S/2C24H26.2C23H24/c1-3-4-20-7-9-21(10-8-20)11-12-22-13-17-24(18-14-22)23-15-5-19(2)6-16-23;1-3-19-5-7-21(8-6-19)9-10-22-13-17-24(18-14-22)23-15-11-20(4-2)12-16-23;1-3-19-6-8-20(9-7-19)10-11-21-12-16-23(17-13-21)22-14-4-18(2)5-15-22;1-3-19-10-14-22(15-11-19)23-16-12-21(13-17-23)9-8-20-6-4-18(2)5-7-20/h5-10,13-18H,3-4,11-12H2,1-2H3;5-8,11-18H,3-4,9-10H2,1-2H3;4-9,12-17H,3,10-11H2,1-2H3;4-7,10-17H,3,8-9H2,1-2H3. The summed E-state index contributed by atoms with van der Waals surface area (Å²) in [6.07, 6.45) is 15.6. The van der Waals surface area contributed by atoms with Gasteiger partial charge in [0.25, 0.3) is 0 Å². The largest absolute Gasteiger partial charge is 0.0651 e. The zero-order chi connectivity index (χ0) is 65.7. The predicted molar refractivity (Wildman–Crippen MR) is 409 cm³/mol. The van der Waals surface area contributed by atoms with E-state index < -0.39 is 0 Å². The van der Waals surface area contributed by atoms with Gasteiger partial charge in [0.05, 0.1) is 0 Å². The van der Waals surface area contributed by atoms with Gasteiger partial charge in [-0.05, 0) is 221 Å². The van der Waals surface area contributed by atoms with E-state index in [4.69, 9.17) is 0 Å². The van der Waals surface area contributed by atoms with Crippen LogP contribution >= 0.6 is 0 Å². The highest BCUT2D eigenvalue weighted by molar-refractivity contribution is 5.67. The Hall–Kier alpha value is -9.36. The number of hydrogen-bond donors (Lipinski definition) is 0. The van der Waals surface area contributed by atoms with Gasteiger partial charge in [-0.3, -0.25) is 0 Å². The molecule has 0 unspecified atom stereocenters. The number of hydrogen-bond acceptors (Lipinski definition) is 0. The Morgan fingerprint density at radius 3 is 0.426 bits per heavy atom. The summed E-state index contributed by atoms with van der Waals surface area (Å²) in [5.41, 5.74) is 32.7. The lowest BCUT2D eigenvalue weighted by molar-refractivity contribution is 0.914. The van der Waals surface area contributed by atoms with Crippen LogP contribution < -0.4 is 0 Å². The van der Waals surface area contributed by atoms with Crippen molar-refractivity contribution in [2.24, 2.45) is 0 Å². The van der Waals surface area contributed by atoms with Gasteiger partial charge in [-0.1, -0.05) is 349 Å². The summed E-state index contributed by atoms with van der Waals surface area (Å²) in [5, 5.41) is 0. The first-order valence-electron chi connectivity index (χ1n) is 35.0. The van der Waals surface area contributed by atoms with Crippen LogP contribution in [0.2, 0.25) is 0 Å². The molecular weight excluding hydrogens is 1130 g/mol. The van der Waals surface area contributed by atoms with Gasteiger partial charge < -0.3 is 0 Å². The molecule has 0 radical (unpaired) electrons. The third-order valence-electron chi connectivity index (χ3n) is 18.3. The van der Waals surface area contributed by atoms with Crippen molar-refractivity contribution in [3.8, 4) is 44.5 Å². The van der Waals surface area contributed by atoms with Crippen molar-refractivity contribution in [2.75, 3.05) is 0 Å². The number of benzene rings is 12. The van der Waals surface area contributed by atoms with Crippen LogP contribution in [-0.2, 0) is 83.5 Å². The van der Waals surface area contributed by atoms with Crippen LogP contribution in [0.3, 0.4) is 0 Å². The number of rotatable bonds is 22. The second-order valence-electron chi connectivity index (χ2n) is 25.5. The molecule has 0 atom stereocenters. The van der Waals surface area contributed by atoms with Crippen LogP contribution in [0.4, 0.5) is 0 Å². The molecule has 94 heavy (non-hydrogen) atoms. The average Bonchev–Trinajstić information content (AvgIpc) is 1.78. The van der Waals surface area contributed by atoms with Crippen molar-refractivity contribution in [3.63, 3.8) is 0 Å². The molecular formula is C94H100. The zero-order valence-corrected chi connectivity index (χ0v) is 57.6. The smallest absolute Gasteiger partial charge is 0.0184 e. The van der Waals surface area contributed by atoms with Crippen LogP contribution in [0.5, 0.6) is 0 Å². The van der Waals surface area contributed by atoms with E-state index in [1.165, 1.54) is 146 Å². The minimum atomic E-state index is 1.10. The molecule has 0 amide bonds. The van der Waals surface area contributed by atoms with E-state index in [2.05, 4.69) is 347 Å². The monoisotopic (exact) mass is 1230 g/mol. The number of aryl methyl sites for hydroxylation is 16. The van der Waals surface area contributed by atoms with Gasteiger partial charge in [0, 0.05) is 0 Å². The molecule has 0 fully saturated rings. The van der Waals surface area contributed by atoms with E-state index in [0.29, 0.717) is 0 Å². The van der Waals surface area contributed by atoms with Gasteiger partial charge in [0.2, 0.25) is 0 Å². The Labute approximate surface area is 566 Å². The fourth-order valence-electron chi connectivity index (χ4n) is 11.8. The summed E-state index contributed by atoms with van der Waals surface area (Å²) in [5.74, 6) is 0. The van der Waals surface area contributed by atoms with Gasteiger partial charge in [-0.25, -0.2) is 0 Å². The molecule has 0 aromatic heterocycles. The molecule has 12 rings (SSSR count). The third-order valence-corrected chi connectivity index (χ3v) is 18.3. The highest BCUT2D eigenvalue weighted by Crippen LogP contribution is 2.26. The molecule has 476 valence electrons. The lowest BCUT2D eigenvalue weighted by Gasteiger charge is -2.06. The first kappa shape index (κ1) is 69.0. The van der Waals surface area contributed by atoms with Gasteiger partial charge in [0.1, 0.15) is 0 Å². The Morgan fingerprint density at radius 2 is 0.255 bits per heavy atom. The van der Waals surface area contributed by atoms with Gasteiger partial charge >= 0.3 is 0 Å². The SMILES string of the molecule is CCCc1ccc(CCc2ccc(-c3ccc(C)cc3)cc2)cc1.CCc1ccc(-c2ccc(CCc3ccc(C)cc3)cc2)cc1.CCc1ccc(CCc2ccc(-c3ccc(C)cc3)cc2)cc1.CCc1ccc(CCc2ccc(-c3ccc(CC)cc3)cc2)cc1. The van der Waals surface area contributed by atoms with Gasteiger partial charge in [-0.15, -0.1) is 0 Å². The van der Waals surface area contributed by atoms with Crippen molar-refractivity contribution in [3.05, 3.63) is 380 Å². The first-order chi connectivity index (χ1) is 46.0. The molecule has 0 bridgehead atoms. The normalized spacial score (nSPS) is 10.7. The van der Waals surface area contributed by atoms with E-state index in [0.717, 1.165) is 77.0 Å². The quantitative estimate of drug-likeness (QED) is 0.0634. The van der Waals surface area contributed by atoms with E-state index in [1.807, 2.05) is 0 Å². The molecule has 0 nitrogen and oxygen atoms in total. The zero-order valence-electron chi connectivity index (χ0n) is 57.6. The van der Waals surface area contributed by atoms with Crippen LogP contribution in [0.1, 0.15) is 130 Å². The summed E-state index contributed by atoms with van der Waals surface area (Å²) in [4.78, 5) is 0. The maximum absolute atomic E-state index is 2.28. The molecule has 0 aliphatic heterocycles. The second-order valence-corrected chi connectivity index (χ2v) is 25.5. The Bertz CT molecular complexity index is 4060. The first-order valence-corrected chi connectivity index (χ1v) is 35.0. The van der Waals surface area contributed by atoms with Crippen LogP contribution in [0, 0.1) is 20.8 Å². The predicted octanol–water partition coefficient (Wildman–Crippen LogP) is 24.7. The molecule has 12 aromatic carbocycles. The molecule has 0 heterocycles. The van der Waals surface area contributed by atoms with Crippen molar-refractivity contribution in [1.29, 1.82) is 0 Å². The van der Waals surface area contributed by atoms with Crippen molar-refractivity contribution in [2.45, 2.75) is 145 Å². The third kappa shape index (κ3) is 22.2. The highest BCUT2D eigenvalue weighted by atomic mass is 14.1. The minimum absolute atomic E-state index is 1.10. The molecule has 12 aromatic rings. The van der Waals surface area contributed by atoms with Crippen LogP contribution in [0.25, 0.3) is 44.5 Å². The summed E-state index contributed by atoms with van der Waals surface area (Å²) >= 11 is 0. The van der Waals surface area contributed by atoms with E-state index in [9.17, 15) is 0 Å². The molecule has 0 aliphatic rings. The Balaban J connectivity index is 0.000000148. The van der Waals surface area contributed by atoms with E-state index in [-0.39, 0.29) is 0 Å². The maximum Gasteiger partial charge on any atom is -0.0184 e. The van der Waals surface area contributed by atoms with Gasteiger partial charge in [0.15, 0.2) is 0 Å². The molecule has 0 spiro atoms. The van der Waals surface area contributed by atoms with Crippen LogP contribution in [0.15, 0.2) is 291 Å². The topological polar surface area (TPSA) is 0 Å². The molecule has 0 saturated carbocycles. The van der Waals surface area contributed by atoms with Gasteiger partial charge in [-0.2, -0.15) is 0 Å². The lowest BCUT2D eigenvalue weighted by Crippen LogP contribution is -1.92. The van der Waals surface area contributed by atoms with Crippen molar-refractivity contribution < 1.29 is 0 Å². The minimum Gasteiger partial charge on any atom is -0.0651 e. The molecule has 0 saturated heterocycles. The summed E-state index contributed by atoms with van der Waals surface area (Å²) in [6, 6.07) is 107. The molecule has 0 N–H and O–H groups in total. The fourth-order valence-corrected chi connectivity index (χ4v) is 11.8. The van der Waals surface area contributed by atoms with E-state index in [1.54, 1.807) is 0 Å². The Morgan fingerprint density at radius 1 is 0.138 bits per heavy atom. The summed E-state index contributed by atoms with van der Waals surface area (Å²) in [7, 11) is 0. The summed E-state index contributed by atoms with van der Waals surface area (Å²) < 4.78 is 0.